The number of aliphatic hydroxyl groups is 4. The molecular weight excluding hydrogens is 1970 g/mol. The maximum Gasteiger partial charge on any atom is 0.306 e. The fourth-order valence-corrected chi connectivity index (χ4v) is 22.5. The molecule has 4 N–H and O–H groups in total. The van der Waals surface area contributed by atoms with Gasteiger partial charge in [0.15, 0.2) is 49.4 Å². The first kappa shape index (κ1) is 117. The molecule has 34 atom stereocenters. The van der Waals surface area contributed by atoms with Crippen molar-refractivity contribution in [2.75, 3.05) is 25.7 Å². The number of halogens is 1. The molecule has 704 valence electrons. The number of hydrogen-bond acceptors (Lipinski definition) is 29. The van der Waals surface area contributed by atoms with Crippen molar-refractivity contribution in [3.05, 3.63) is 48.6 Å². The second-order valence-corrected chi connectivity index (χ2v) is 46.1. The fraction of sp³-hybridized carbons (Fsp3) is 0.704. The second-order valence-electron chi connectivity index (χ2n) is 31.0. The van der Waals surface area contributed by atoms with E-state index in [9.17, 15) is 62.7 Å². The van der Waals surface area contributed by atoms with Crippen LogP contribution in [0.4, 0.5) is 0 Å². The number of allylic oxidation sites excluding steroid dienone is 2. The number of Topliss-reactive ketones (excluding diaryl/α,β-unsaturated/α-hetero) is 2. The number of alkyl halides is 1. The molecule has 10 rings (SSSR count). The Morgan fingerprint density at radius 3 is 1.14 bits per heavy atom. The number of ketones is 4. The molecule has 0 spiro atoms. The van der Waals surface area contributed by atoms with Gasteiger partial charge in [0.05, 0.1) is 92.4 Å². The Morgan fingerprint density at radius 2 is 0.837 bits per heavy atom. The standard InChI is InChI=1S/2C15H25BO5P2.C15H21BO5P2.C15H19BO4P2.C9H15O4P.C8H11BO4P2.C4H5Br.2BHS/c3*1-2-9(17)3-4-10(18)5-6-11-12-7-15(19)20-13(12)8-14(11)21-23(16)22;1-2-3-4-5-10(17)6-7-11-12-8-15(18)19-13(12)9-14(11)20-22(16)21;1-4-5-6-7-9(10)8-14(11,12-2)13-3;9-15(14)13-7-2-6-4(5(7)3-10)1-8(11)12-6;1-2-3-4-5;2*1-2/h2*5-6,9-14,17-18H,2-4,7-8,22H2,1H3;5-6,11-14H,2-4,7-8,22H2,1H3;6-7,11-14H,4-5,8-9,21H2,1H3;6-8H2,1-3H3;3-7H,1-2,14H2;4H2,1H3;2*1H/b3*6-5+;7-6+;;;;;/t2*9?,10?,11?,12?,13-,14-,23?;11?,12?,13-,14-,23?;11?,12?,13-,14-,22?;;4?,5?,6-,7-,15?;;;/m0000.0.../s1/i17T,18T;;;;;;;2*1D. The summed E-state index contributed by atoms with van der Waals surface area (Å²) in [5.74, 6) is 15.5. The number of aliphatic hydroxyl groups excluding tert-OH is 4. The van der Waals surface area contributed by atoms with Crippen molar-refractivity contribution < 1.29 is 128 Å². The van der Waals surface area contributed by atoms with E-state index < -0.39 is 58.4 Å². The minimum Gasteiger partial charge on any atom is -0.462 e. The summed E-state index contributed by atoms with van der Waals surface area (Å²) in [6, 6.07) is 0. The average molecular weight is 2100 g/mol. The first-order valence-electron chi connectivity index (χ1n) is 44.0. The molecule has 0 amide bonds. The predicted molar refractivity (Wildman–Crippen MR) is 541 cm³/mol. The SMILES string of the molecule is CC#CCBr.CC#CCCC(=O)CP(=O)(OC)OC.[2H]B=S.[2H]B=S.[3H]OC(/C=C/C1C2CC(=O)O[C@H]2C[C@@H]1OP([B])P)CCC(CC)O[3H].[B]P(P)O[C@H]1C[C@@H]2OC(=O)CC2C1/C=C/C(=O)CCC#CC.[B]P(P)O[C@H]1C[C@@H]2OC(=O)CC2C1/C=C/C(=O)CCC(=O)CC.[B]P(P)O[C@H]1C[C@@H]2OC(=O)CC2C1/C=C/C(O)CCC(O)CC.[B]P(P)O[C@H]1C[C@@H]2OC(=O)CC2C1C=O. The molecule has 10 fully saturated rings. The maximum atomic E-state index is 11.9. The van der Waals surface area contributed by atoms with Crippen LogP contribution in [0.25, 0.3) is 0 Å². The number of rotatable bonds is 41. The first-order valence-corrected chi connectivity index (χ1v) is 60.5. The van der Waals surface area contributed by atoms with Crippen molar-refractivity contribution in [3.63, 3.8) is 0 Å². The van der Waals surface area contributed by atoms with Crippen molar-refractivity contribution in [1.29, 1.82) is 5.53 Å². The molecule has 5 saturated carbocycles. The van der Waals surface area contributed by atoms with E-state index in [1.165, 1.54) is 20.3 Å². The zero-order valence-electron chi connectivity index (χ0n) is 78.1. The van der Waals surface area contributed by atoms with Gasteiger partial charge in [-0.25, -0.2) is 0 Å². The molecule has 5 aliphatic carbocycles. The van der Waals surface area contributed by atoms with Gasteiger partial charge in [0.2, 0.25) is 2.86 Å². The van der Waals surface area contributed by atoms with Gasteiger partial charge in [0.1, 0.15) is 54.5 Å². The van der Waals surface area contributed by atoms with Crippen LogP contribution in [-0.2, 0) is 108 Å². The summed E-state index contributed by atoms with van der Waals surface area (Å²) in [6.07, 6.45) is 23.6. The van der Waals surface area contributed by atoms with Crippen LogP contribution < -0.4 is 0 Å². The van der Waals surface area contributed by atoms with Crippen LogP contribution in [0.1, 0.15) is 189 Å². The van der Waals surface area contributed by atoms with Crippen LogP contribution in [0.5, 0.6) is 0 Å². The van der Waals surface area contributed by atoms with E-state index in [2.05, 4.69) is 134 Å². The van der Waals surface area contributed by atoms with Crippen molar-refractivity contribution in [1.82, 2.24) is 0 Å². The predicted octanol–water partition coefficient (Wildman–Crippen LogP) is 13.2. The van der Waals surface area contributed by atoms with Gasteiger partial charge >= 0.3 is 77.6 Å². The van der Waals surface area contributed by atoms with Gasteiger partial charge in [-0.2, -0.15) is 0 Å². The van der Waals surface area contributed by atoms with Gasteiger partial charge in [-0.15, -0.1) is 29.6 Å². The molecule has 10 radical (unpaired) electrons. The summed E-state index contributed by atoms with van der Waals surface area (Å²) in [7, 11) is 34.8. The molecule has 129 heavy (non-hydrogen) atoms. The van der Waals surface area contributed by atoms with Crippen molar-refractivity contribution in [3.8, 4) is 35.5 Å². The normalized spacial score (nSPS) is 29.6. The van der Waals surface area contributed by atoms with Gasteiger partial charge in [0.25, 0.3) is 0 Å². The van der Waals surface area contributed by atoms with Crippen LogP contribution >= 0.6 is 131 Å². The Labute approximate surface area is 813 Å². The van der Waals surface area contributed by atoms with Crippen LogP contribution in [0.2, 0.25) is 0 Å². The molecule has 24 unspecified atom stereocenters. The van der Waals surface area contributed by atoms with E-state index in [0.717, 1.165) is 31.4 Å². The van der Waals surface area contributed by atoms with Gasteiger partial charge in [0, 0.05) is 150 Å². The van der Waals surface area contributed by atoms with Crippen LogP contribution in [0.3, 0.4) is 0 Å². The number of fused-ring (bicyclic) bond motifs is 5. The van der Waals surface area contributed by atoms with Crippen molar-refractivity contribution in [2.45, 2.75) is 275 Å². The Kier molecular flexibility index (Phi) is 62.1. The minimum absolute atomic E-state index is 0.00763. The van der Waals surface area contributed by atoms with Gasteiger partial charge in [-0.3, -0.25) is 47.7 Å². The van der Waals surface area contributed by atoms with E-state index >= 15 is 0 Å². The third-order valence-electron chi connectivity index (χ3n) is 22.4. The monoisotopic (exact) mass is 2090 g/mol. The Morgan fingerprint density at radius 1 is 0.519 bits per heavy atom. The zero-order valence-corrected chi connectivity index (χ0v) is 88.5. The number of esters is 5. The fourth-order valence-electron chi connectivity index (χ4n) is 16.2. The average Bonchev–Trinajstić information content (AvgIpc) is 1.64. The topological polar surface area (TPSA) is 379 Å². The third kappa shape index (κ3) is 47.1. The molecule has 0 aromatic rings. The zero-order chi connectivity index (χ0) is 100. The van der Waals surface area contributed by atoms with Gasteiger partial charge < -0.3 is 80.6 Å². The largest absolute Gasteiger partial charge is 0.462 e. The van der Waals surface area contributed by atoms with Gasteiger partial charge in [-0.05, 0) is 110 Å². The smallest absolute Gasteiger partial charge is 0.306 e. The summed E-state index contributed by atoms with van der Waals surface area (Å²) < 4.78 is 102. The molecule has 5 heterocycles. The van der Waals surface area contributed by atoms with Crippen LogP contribution in [0.15, 0.2) is 48.6 Å². The number of carbonyl (C=O) groups is 10. The van der Waals surface area contributed by atoms with Crippen LogP contribution in [0, 0.1) is 94.7 Å². The van der Waals surface area contributed by atoms with Crippen LogP contribution in [-0.4, -0.2) is 248 Å². The molecule has 5 saturated heterocycles. The summed E-state index contributed by atoms with van der Waals surface area (Å²) in [4.78, 5) is 114. The Balaban J connectivity index is 0.000000532. The minimum atomic E-state index is -3.18. The Bertz CT molecular complexity index is 4000. The molecule has 0 bridgehead atoms. The number of ether oxygens (including phenoxy) is 5. The quantitative estimate of drug-likeness (QED) is 0.00508. The Hall–Kier alpha value is -1.20. The summed E-state index contributed by atoms with van der Waals surface area (Å²) in [6.45, 7) is 12.6. The molecule has 5 aliphatic heterocycles. The molecule has 0 aromatic carbocycles. The number of hydrogen-bond donors (Lipinski definition) is 4. The molecular formula is C81H123B7BrO27P11S2. The number of aldehydes is 1. The first-order chi connectivity index (χ1) is 63.2. The third-order valence-corrected chi connectivity index (χ3v) is 28.9. The van der Waals surface area contributed by atoms with E-state index in [1.807, 2.05) is 45.1 Å². The van der Waals surface area contributed by atoms with E-state index in [4.69, 9.17) is 94.8 Å². The molecule has 10 aliphatic rings. The van der Waals surface area contributed by atoms with Gasteiger partial charge in [-0.1, -0.05) is 124 Å². The van der Waals surface area contributed by atoms with Crippen molar-refractivity contribution in [2.24, 2.45) is 59.2 Å². The summed E-state index contributed by atoms with van der Waals surface area (Å²) >= 11 is 11.0. The summed E-state index contributed by atoms with van der Waals surface area (Å²) in [5.41, 5.74) is 0. The summed E-state index contributed by atoms with van der Waals surface area (Å²) in [5, 5.41) is 29.8. The molecule has 27 nitrogen and oxygen atoms in total. The molecule has 48 heteroatoms. The maximum absolute atomic E-state index is 11.9. The van der Waals surface area contributed by atoms with E-state index in [0.29, 0.717) is 122 Å². The van der Waals surface area contributed by atoms with E-state index in [-0.39, 0.29) is 211 Å². The second kappa shape index (κ2) is 68.8. The number of carbonyl (C=O) groups excluding carboxylic acids is 10. The van der Waals surface area contributed by atoms with E-state index in [1.54, 1.807) is 39.0 Å². The van der Waals surface area contributed by atoms with Crippen molar-refractivity contribution >= 4 is 241 Å². The molecule has 0 aromatic heterocycles.